The Labute approximate surface area is 124 Å². The zero-order valence-electron chi connectivity index (χ0n) is 12.3. The van der Waals surface area contributed by atoms with Crippen molar-refractivity contribution < 1.29 is 4.74 Å². The second kappa shape index (κ2) is 8.68. The molecule has 1 aromatic rings. The van der Waals surface area contributed by atoms with Gasteiger partial charge in [0, 0.05) is 19.8 Å². The van der Waals surface area contributed by atoms with Crippen LogP contribution in [0.2, 0.25) is 0 Å². The highest BCUT2D eigenvalue weighted by atomic mass is 79.9. The molecule has 110 valence electrons. The lowest BCUT2D eigenvalue weighted by atomic mass is 10.1. The molecule has 0 spiro atoms. The summed E-state index contributed by atoms with van der Waals surface area (Å²) >= 11 is 3.60. The first kappa shape index (κ1) is 16.6. The zero-order chi connectivity index (χ0) is 14.3. The summed E-state index contributed by atoms with van der Waals surface area (Å²) in [6.07, 6.45) is 2.81. The average molecular weight is 333 g/mol. The molecule has 0 aliphatic heterocycles. The molecule has 6 heteroatoms. The minimum Gasteiger partial charge on any atom is -0.382 e. The first-order chi connectivity index (χ1) is 9.10. The maximum absolute atomic E-state index is 5.45. The van der Waals surface area contributed by atoms with Crippen LogP contribution >= 0.6 is 15.9 Å². The number of aromatic nitrogens is 2. The van der Waals surface area contributed by atoms with E-state index in [1.807, 2.05) is 20.2 Å². The predicted molar refractivity (Wildman–Crippen MR) is 81.4 cm³/mol. The molecule has 1 aromatic heterocycles. The molecule has 0 saturated carbocycles. The van der Waals surface area contributed by atoms with Crippen LogP contribution < -0.4 is 5.32 Å². The summed E-state index contributed by atoms with van der Waals surface area (Å²) in [7, 11) is 6.12. The lowest BCUT2D eigenvalue weighted by molar-refractivity contribution is 0.136. The third-order valence-electron chi connectivity index (χ3n) is 3.03. The third kappa shape index (κ3) is 5.22. The van der Waals surface area contributed by atoms with E-state index in [2.05, 4.69) is 50.0 Å². The van der Waals surface area contributed by atoms with Crippen molar-refractivity contribution in [2.75, 3.05) is 40.9 Å². The molecule has 0 aliphatic rings. The molecule has 0 radical (unpaired) electrons. The molecule has 1 N–H and O–H groups in total. The van der Waals surface area contributed by atoms with Crippen molar-refractivity contribution in [3.63, 3.8) is 0 Å². The molecule has 19 heavy (non-hydrogen) atoms. The lowest BCUT2D eigenvalue weighted by Crippen LogP contribution is -2.25. The van der Waals surface area contributed by atoms with Crippen LogP contribution in [-0.4, -0.2) is 55.6 Å². The number of nitrogens with one attached hydrogen (secondary N) is 1. The largest absolute Gasteiger partial charge is 0.382 e. The third-order valence-corrected chi connectivity index (χ3v) is 3.64. The summed E-state index contributed by atoms with van der Waals surface area (Å²) in [6.45, 7) is 5.40. The van der Waals surface area contributed by atoms with Gasteiger partial charge in [0.15, 0.2) is 0 Å². The molecule has 1 heterocycles. The second-order valence-electron chi connectivity index (χ2n) is 4.73. The van der Waals surface area contributed by atoms with E-state index >= 15 is 0 Å². The molecule has 0 aliphatic carbocycles. The van der Waals surface area contributed by atoms with E-state index in [1.54, 1.807) is 0 Å². The predicted octanol–water partition coefficient (Wildman–Crippen LogP) is 1.89. The van der Waals surface area contributed by atoms with Gasteiger partial charge in [-0.15, -0.1) is 0 Å². The molecule has 0 saturated heterocycles. The van der Waals surface area contributed by atoms with Crippen LogP contribution in [0.3, 0.4) is 0 Å². The van der Waals surface area contributed by atoms with Gasteiger partial charge in [-0.3, -0.25) is 4.68 Å². The fourth-order valence-corrected chi connectivity index (χ4v) is 2.53. The van der Waals surface area contributed by atoms with Gasteiger partial charge in [0.2, 0.25) is 0 Å². The fraction of sp³-hybridized carbons (Fsp3) is 0.769. The molecule has 0 fully saturated rings. The van der Waals surface area contributed by atoms with E-state index < -0.39 is 0 Å². The standard InChI is InChI=1S/C13H25BrN4O/c1-5-19-9-6-12(15-2)13-11(14)10-16-18(13)8-7-17(3)4/h10,12,15H,5-9H2,1-4H3. The summed E-state index contributed by atoms with van der Waals surface area (Å²) in [6, 6.07) is 0.255. The maximum atomic E-state index is 5.45. The van der Waals surface area contributed by atoms with Gasteiger partial charge in [-0.1, -0.05) is 0 Å². The van der Waals surface area contributed by atoms with Gasteiger partial charge in [-0.25, -0.2) is 0 Å². The smallest absolute Gasteiger partial charge is 0.0697 e. The van der Waals surface area contributed by atoms with Crippen LogP contribution in [0.1, 0.15) is 25.1 Å². The Morgan fingerprint density at radius 3 is 2.84 bits per heavy atom. The van der Waals surface area contributed by atoms with Crippen LogP contribution in [0.5, 0.6) is 0 Å². The number of hydrogen-bond donors (Lipinski definition) is 1. The SMILES string of the molecule is CCOCCC(NC)c1c(Br)cnn1CCN(C)C. The Kier molecular flexibility index (Phi) is 7.60. The van der Waals surface area contributed by atoms with Gasteiger partial charge < -0.3 is 15.0 Å². The van der Waals surface area contributed by atoms with E-state index in [1.165, 1.54) is 5.69 Å². The van der Waals surface area contributed by atoms with Crippen molar-refractivity contribution >= 4 is 15.9 Å². The molecule has 5 nitrogen and oxygen atoms in total. The summed E-state index contributed by atoms with van der Waals surface area (Å²) in [4.78, 5) is 2.16. The van der Waals surface area contributed by atoms with Gasteiger partial charge in [0.05, 0.1) is 29.0 Å². The normalized spacial score (nSPS) is 13.2. The number of hydrogen-bond acceptors (Lipinski definition) is 4. The van der Waals surface area contributed by atoms with Gasteiger partial charge in [0.25, 0.3) is 0 Å². The van der Waals surface area contributed by atoms with Crippen molar-refractivity contribution in [3.05, 3.63) is 16.4 Å². The van der Waals surface area contributed by atoms with Crippen molar-refractivity contribution in [1.82, 2.24) is 20.0 Å². The average Bonchev–Trinajstić information content (AvgIpc) is 2.74. The first-order valence-electron chi connectivity index (χ1n) is 6.71. The molecular formula is C13H25BrN4O. The number of ether oxygens (including phenoxy) is 1. The minimum atomic E-state index is 0.255. The van der Waals surface area contributed by atoms with E-state index in [9.17, 15) is 0 Å². The quantitative estimate of drug-likeness (QED) is 0.701. The van der Waals surface area contributed by atoms with Crippen molar-refractivity contribution in [3.8, 4) is 0 Å². The van der Waals surface area contributed by atoms with Crippen molar-refractivity contribution in [1.29, 1.82) is 0 Å². The highest BCUT2D eigenvalue weighted by Crippen LogP contribution is 2.25. The first-order valence-corrected chi connectivity index (χ1v) is 7.50. The van der Waals surface area contributed by atoms with Gasteiger partial charge in [-0.05, 0) is 50.4 Å². The van der Waals surface area contributed by atoms with E-state index in [0.29, 0.717) is 0 Å². The summed E-state index contributed by atoms with van der Waals surface area (Å²) in [5, 5.41) is 7.79. The summed E-state index contributed by atoms with van der Waals surface area (Å²) < 4.78 is 8.57. The topological polar surface area (TPSA) is 42.3 Å². The van der Waals surface area contributed by atoms with Crippen LogP contribution in [0.15, 0.2) is 10.7 Å². The Morgan fingerprint density at radius 2 is 2.26 bits per heavy atom. The Hall–Kier alpha value is -0.430. The van der Waals surface area contributed by atoms with E-state index in [4.69, 9.17) is 4.74 Å². The minimum absolute atomic E-state index is 0.255. The highest BCUT2D eigenvalue weighted by Gasteiger charge is 2.18. The van der Waals surface area contributed by atoms with Crippen molar-refractivity contribution in [2.24, 2.45) is 0 Å². The van der Waals surface area contributed by atoms with Gasteiger partial charge in [0.1, 0.15) is 0 Å². The van der Waals surface area contributed by atoms with Crippen LogP contribution in [0.25, 0.3) is 0 Å². The number of nitrogens with zero attached hydrogens (tertiary/aromatic N) is 3. The van der Waals surface area contributed by atoms with Gasteiger partial charge in [-0.2, -0.15) is 5.10 Å². The molecule has 0 bridgehead atoms. The second-order valence-corrected chi connectivity index (χ2v) is 5.59. The van der Waals surface area contributed by atoms with Crippen LogP contribution in [0.4, 0.5) is 0 Å². The van der Waals surface area contributed by atoms with Crippen molar-refractivity contribution in [2.45, 2.75) is 25.9 Å². The van der Waals surface area contributed by atoms with E-state index in [-0.39, 0.29) is 6.04 Å². The van der Waals surface area contributed by atoms with Gasteiger partial charge >= 0.3 is 0 Å². The van der Waals surface area contributed by atoms with Crippen LogP contribution in [0, 0.1) is 0 Å². The Morgan fingerprint density at radius 1 is 1.53 bits per heavy atom. The molecule has 1 atom stereocenters. The monoisotopic (exact) mass is 332 g/mol. The molecular weight excluding hydrogens is 308 g/mol. The lowest BCUT2D eigenvalue weighted by Gasteiger charge is -2.19. The number of likely N-dealkylation sites (N-methyl/N-ethyl adjacent to an activating group) is 1. The number of rotatable bonds is 9. The summed E-state index contributed by atoms with van der Waals surface area (Å²) in [5.74, 6) is 0. The zero-order valence-corrected chi connectivity index (χ0v) is 13.9. The molecule has 1 unspecified atom stereocenters. The molecule has 0 aromatic carbocycles. The highest BCUT2D eigenvalue weighted by molar-refractivity contribution is 9.10. The summed E-state index contributed by atoms with van der Waals surface area (Å²) in [5.41, 5.74) is 1.20. The van der Waals surface area contributed by atoms with E-state index in [0.717, 1.165) is 37.2 Å². The Bertz CT molecular complexity index is 368. The van der Waals surface area contributed by atoms with Crippen LogP contribution in [-0.2, 0) is 11.3 Å². The fourth-order valence-electron chi connectivity index (χ4n) is 1.95. The maximum Gasteiger partial charge on any atom is 0.0697 e. The Balaban J connectivity index is 2.74. The molecule has 0 amide bonds. The molecule has 1 rings (SSSR count). The number of halogens is 1.